The van der Waals surface area contributed by atoms with E-state index in [2.05, 4.69) is 39.8 Å². The van der Waals surface area contributed by atoms with Crippen LogP contribution < -0.4 is 16.0 Å². The second-order valence-corrected chi connectivity index (χ2v) is 11.0. The number of ether oxygens (including phenoxy) is 2. The van der Waals surface area contributed by atoms with Gasteiger partial charge in [0, 0.05) is 68.5 Å². The number of rotatable bonds is 10. The van der Waals surface area contributed by atoms with Crippen LogP contribution in [-0.2, 0) is 9.47 Å². The average Bonchev–Trinajstić information content (AvgIpc) is 2.87. The molecular formula is C27H39ClFN5O2. The number of anilines is 2. The first kappa shape index (κ1) is 27.0. The van der Waals surface area contributed by atoms with Crippen molar-refractivity contribution in [3.63, 3.8) is 0 Å². The monoisotopic (exact) mass is 519 g/mol. The van der Waals surface area contributed by atoms with Crippen molar-refractivity contribution >= 4 is 23.1 Å². The molecule has 2 aromatic heterocycles. The summed E-state index contributed by atoms with van der Waals surface area (Å²) < 4.78 is 25.3. The molecule has 2 aromatic rings. The molecule has 7 nitrogen and oxygen atoms in total. The van der Waals surface area contributed by atoms with Gasteiger partial charge < -0.3 is 25.4 Å². The minimum atomic E-state index is -0.511. The molecule has 198 valence electrons. The van der Waals surface area contributed by atoms with Gasteiger partial charge in [-0.15, -0.1) is 0 Å². The molecule has 1 unspecified atom stereocenters. The van der Waals surface area contributed by atoms with Gasteiger partial charge in [0.25, 0.3) is 0 Å². The van der Waals surface area contributed by atoms with E-state index in [1.807, 2.05) is 6.07 Å². The molecule has 0 radical (unpaired) electrons. The maximum Gasteiger partial charge on any atom is 0.236 e. The fourth-order valence-corrected chi connectivity index (χ4v) is 5.33. The van der Waals surface area contributed by atoms with Gasteiger partial charge in [0.15, 0.2) is 0 Å². The Morgan fingerprint density at radius 2 is 1.86 bits per heavy atom. The van der Waals surface area contributed by atoms with E-state index in [9.17, 15) is 4.39 Å². The maximum absolute atomic E-state index is 14.5. The summed E-state index contributed by atoms with van der Waals surface area (Å²) >= 11 is 6.52. The van der Waals surface area contributed by atoms with Crippen LogP contribution in [0.5, 0.6) is 0 Å². The van der Waals surface area contributed by atoms with Crippen LogP contribution in [0.15, 0.2) is 24.5 Å². The van der Waals surface area contributed by atoms with Gasteiger partial charge in [-0.1, -0.05) is 18.5 Å². The Morgan fingerprint density at radius 3 is 2.58 bits per heavy atom. The third kappa shape index (κ3) is 7.28. The summed E-state index contributed by atoms with van der Waals surface area (Å²) in [5.41, 5.74) is 2.00. The Balaban J connectivity index is 1.39. The molecule has 3 N–H and O–H groups in total. The highest BCUT2D eigenvalue weighted by atomic mass is 35.5. The molecule has 1 aliphatic heterocycles. The minimum Gasteiger partial charge on any atom is -0.383 e. The van der Waals surface area contributed by atoms with Gasteiger partial charge >= 0.3 is 0 Å². The van der Waals surface area contributed by atoms with E-state index in [1.165, 1.54) is 6.20 Å². The number of methoxy groups -OCH3 is 1. The standard InChI is InChI=1S/C27H39ClFN5O2/c1-18(16-35-3)33-20-4-6-21(7-5-20)34-25-13-22(23(28)15-30-25)19-12-24(26(29)31-14-19)32-17-27(2)8-10-36-11-9-27/h12-15,18,20-21,32-33H,4-11,16-17H2,1-3H3,(H,30,34). The van der Waals surface area contributed by atoms with Crippen molar-refractivity contribution in [3.8, 4) is 11.1 Å². The van der Waals surface area contributed by atoms with E-state index in [4.69, 9.17) is 21.1 Å². The zero-order valence-corrected chi connectivity index (χ0v) is 22.3. The van der Waals surface area contributed by atoms with Crippen molar-refractivity contribution in [2.45, 2.75) is 70.5 Å². The number of halogens is 2. The Kier molecular flexibility index (Phi) is 9.39. The van der Waals surface area contributed by atoms with Crippen LogP contribution >= 0.6 is 11.6 Å². The normalized spacial score (nSPS) is 22.7. The van der Waals surface area contributed by atoms with Crippen molar-refractivity contribution in [1.29, 1.82) is 0 Å². The first-order valence-corrected chi connectivity index (χ1v) is 13.4. The van der Waals surface area contributed by atoms with Crippen LogP contribution in [0.4, 0.5) is 15.9 Å². The Labute approximate surface area is 218 Å². The second kappa shape index (κ2) is 12.5. The lowest BCUT2D eigenvalue weighted by Gasteiger charge is -2.33. The lowest BCUT2D eigenvalue weighted by atomic mass is 9.82. The van der Waals surface area contributed by atoms with E-state index < -0.39 is 5.95 Å². The Hall–Kier alpha value is -2.00. The lowest BCUT2D eigenvalue weighted by molar-refractivity contribution is 0.0300. The molecule has 2 fully saturated rings. The molecule has 0 aromatic carbocycles. The fourth-order valence-electron chi connectivity index (χ4n) is 5.12. The summed E-state index contributed by atoms with van der Waals surface area (Å²) in [6.07, 6.45) is 9.41. The first-order valence-electron chi connectivity index (χ1n) is 13.0. The van der Waals surface area contributed by atoms with Crippen molar-refractivity contribution < 1.29 is 13.9 Å². The van der Waals surface area contributed by atoms with Crippen LogP contribution in [0.25, 0.3) is 11.1 Å². The average molecular weight is 520 g/mol. The maximum atomic E-state index is 14.5. The molecule has 3 heterocycles. The minimum absolute atomic E-state index is 0.0719. The SMILES string of the molecule is COCC(C)NC1CCC(Nc2cc(-c3cnc(F)c(NCC4(C)CCOCC4)c3)c(Cl)cn2)CC1. The largest absolute Gasteiger partial charge is 0.383 e. The van der Waals surface area contributed by atoms with Gasteiger partial charge in [0.2, 0.25) is 5.95 Å². The Morgan fingerprint density at radius 1 is 1.14 bits per heavy atom. The summed E-state index contributed by atoms with van der Waals surface area (Å²) in [5.74, 6) is 0.259. The molecule has 1 saturated carbocycles. The number of nitrogens with zero attached hydrogens (tertiary/aromatic N) is 2. The second-order valence-electron chi connectivity index (χ2n) is 10.6. The summed E-state index contributed by atoms with van der Waals surface area (Å²) in [7, 11) is 1.74. The van der Waals surface area contributed by atoms with Crippen LogP contribution in [0.2, 0.25) is 5.02 Å². The molecule has 0 amide bonds. The van der Waals surface area contributed by atoms with E-state index in [1.54, 1.807) is 19.4 Å². The number of pyridine rings is 2. The highest BCUT2D eigenvalue weighted by Gasteiger charge is 2.27. The summed E-state index contributed by atoms with van der Waals surface area (Å²) in [4.78, 5) is 8.50. The molecule has 9 heteroatoms. The van der Waals surface area contributed by atoms with Crippen LogP contribution in [-0.4, -0.2) is 61.6 Å². The smallest absolute Gasteiger partial charge is 0.236 e. The van der Waals surface area contributed by atoms with Crippen molar-refractivity contribution in [2.24, 2.45) is 5.41 Å². The summed E-state index contributed by atoms with van der Waals surface area (Å²) in [6, 6.07) is 4.95. The summed E-state index contributed by atoms with van der Waals surface area (Å²) in [5, 5.41) is 11.0. The van der Waals surface area contributed by atoms with Crippen LogP contribution in [0.1, 0.15) is 52.4 Å². The first-order chi connectivity index (χ1) is 17.3. The highest BCUT2D eigenvalue weighted by molar-refractivity contribution is 6.33. The molecule has 4 rings (SSSR count). The zero-order chi connectivity index (χ0) is 25.5. The number of aromatic nitrogens is 2. The quantitative estimate of drug-likeness (QED) is 0.357. The summed E-state index contributed by atoms with van der Waals surface area (Å²) in [6.45, 7) is 7.23. The topological polar surface area (TPSA) is 80.3 Å². The predicted octanol–water partition coefficient (Wildman–Crippen LogP) is 5.51. The Bertz CT molecular complexity index is 996. The third-order valence-electron chi connectivity index (χ3n) is 7.43. The molecular weight excluding hydrogens is 481 g/mol. The van der Waals surface area contributed by atoms with Gasteiger partial charge in [-0.2, -0.15) is 4.39 Å². The molecule has 0 bridgehead atoms. The van der Waals surface area contributed by atoms with Crippen molar-refractivity contribution in [3.05, 3.63) is 35.5 Å². The zero-order valence-electron chi connectivity index (χ0n) is 21.6. The van der Waals surface area contributed by atoms with Gasteiger partial charge in [-0.25, -0.2) is 9.97 Å². The number of nitrogens with one attached hydrogen (secondary N) is 3. The highest BCUT2D eigenvalue weighted by Crippen LogP contribution is 2.34. The van der Waals surface area contributed by atoms with E-state index in [0.717, 1.165) is 75.3 Å². The van der Waals surface area contributed by atoms with E-state index >= 15 is 0 Å². The van der Waals surface area contributed by atoms with Gasteiger partial charge in [0.1, 0.15) is 5.82 Å². The number of hydrogen-bond acceptors (Lipinski definition) is 7. The molecule has 36 heavy (non-hydrogen) atoms. The fraction of sp³-hybridized carbons (Fsp3) is 0.630. The van der Waals surface area contributed by atoms with E-state index in [-0.39, 0.29) is 5.41 Å². The van der Waals surface area contributed by atoms with Gasteiger partial charge in [0.05, 0.1) is 17.3 Å². The van der Waals surface area contributed by atoms with E-state index in [0.29, 0.717) is 35.4 Å². The molecule has 1 saturated heterocycles. The third-order valence-corrected chi connectivity index (χ3v) is 7.73. The molecule has 0 spiro atoms. The molecule has 1 atom stereocenters. The van der Waals surface area contributed by atoms with Crippen LogP contribution in [0, 0.1) is 11.4 Å². The lowest BCUT2D eigenvalue weighted by Crippen LogP contribution is -2.42. The van der Waals surface area contributed by atoms with Crippen LogP contribution in [0.3, 0.4) is 0 Å². The predicted molar refractivity (Wildman–Crippen MR) is 143 cm³/mol. The van der Waals surface area contributed by atoms with Gasteiger partial charge in [-0.05, 0) is 63.0 Å². The van der Waals surface area contributed by atoms with Crippen molar-refractivity contribution in [1.82, 2.24) is 15.3 Å². The molecule has 2 aliphatic rings. The number of hydrogen-bond donors (Lipinski definition) is 3. The van der Waals surface area contributed by atoms with Crippen molar-refractivity contribution in [2.75, 3.05) is 44.1 Å². The molecule has 1 aliphatic carbocycles. The van der Waals surface area contributed by atoms with Gasteiger partial charge in [-0.3, -0.25) is 0 Å².